The van der Waals surface area contributed by atoms with Gasteiger partial charge in [-0.05, 0) is 39.8 Å². The molecule has 0 bridgehead atoms. The lowest BCUT2D eigenvalue weighted by Crippen LogP contribution is -2.51. The van der Waals surface area contributed by atoms with Gasteiger partial charge in [-0.2, -0.15) is 0 Å². The van der Waals surface area contributed by atoms with E-state index in [2.05, 4.69) is 24.3 Å². The fraction of sp³-hybridized carbons (Fsp3) is 1.00. The first-order chi connectivity index (χ1) is 7.81. The Hall–Kier alpha value is -0.120. The van der Waals surface area contributed by atoms with Crippen LogP contribution < -0.4 is 5.32 Å². The lowest BCUT2D eigenvalue weighted by atomic mass is 9.89. The summed E-state index contributed by atoms with van der Waals surface area (Å²) in [7, 11) is 4.37. The van der Waals surface area contributed by atoms with E-state index in [0.29, 0.717) is 18.2 Å². The van der Waals surface area contributed by atoms with Gasteiger partial charge in [-0.1, -0.05) is 12.8 Å². The van der Waals surface area contributed by atoms with Gasteiger partial charge < -0.3 is 10.1 Å². The zero-order chi connectivity index (χ0) is 11.4. The SMILES string of the molecule is CNC1CCCCC1N(C)CC1CCCO1. The average molecular weight is 226 g/mol. The molecular weight excluding hydrogens is 200 g/mol. The summed E-state index contributed by atoms with van der Waals surface area (Å²) in [6.07, 6.45) is 8.43. The Morgan fingerprint density at radius 2 is 2.00 bits per heavy atom. The number of rotatable bonds is 4. The third-order valence-electron chi connectivity index (χ3n) is 4.18. The third-order valence-corrected chi connectivity index (χ3v) is 4.18. The van der Waals surface area contributed by atoms with E-state index in [-0.39, 0.29) is 0 Å². The smallest absolute Gasteiger partial charge is 0.0702 e. The van der Waals surface area contributed by atoms with E-state index in [1.807, 2.05) is 0 Å². The van der Waals surface area contributed by atoms with Crippen molar-refractivity contribution in [3.63, 3.8) is 0 Å². The van der Waals surface area contributed by atoms with Crippen molar-refractivity contribution in [3.8, 4) is 0 Å². The van der Waals surface area contributed by atoms with Crippen molar-refractivity contribution >= 4 is 0 Å². The summed E-state index contributed by atoms with van der Waals surface area (Å²) in [6, 6.07) is 1.39. The van der Waals surface area contributed by atoms with Crippen LogP contribution in [0.2, 0.25) is 0 Å². The maximum atomic E-state index is 5.72. The van der Waals surface area contributed by atoms with Crippen LogP contribution in [-0.2, 0) is 4.74 Å². The molecule has 3 heteroatoms. The molecule has 2 rings (SSSR count). The molecule has 94 valence electrons. The van der Waals surface area contributed by atoms with Crippen LogP contribution in [0.1, 0.15) is 38.5 Å². The van der Waals surface area contributed by atoms with E-state index >= 15 is 0 Å². The van der Waals surface area contributed by atoms with Crippen molar-refractivity contribution in [2.45, 2.75) is 56.7 Å². The Morgan fingerprint density at radius 3 is 2.69 bits per heavy atom. The van der Waals surface area contributed by atoms with Gasteiger partial charge in [0.25, 0.3) is 0 Å². The van der Waals surface area contributed by atoms with E-state index < -0.39 is 0 Å². The first-order valence-electron chi connectivity index (χ1n) is 6.80. The first-order valence-corrected chi connectivity index (χ1v) is 6.80. The van der Waals surface area contributed by atoms with Gasteiger partial charge in [-0.25, -0.2) is 0 Å². The van der Waals surface area contributed by atoms with Gasteiger partial charge in [-0.3, -0.25) is 4.90 Å². The predicted octanol–water partition coefficient (Wildman–Crippen LogP) is 1.63. The molecule has 1 heterocycles. The monoisotopic (exact) mass is 226 g/mol. The van der Waals surface area contributed by atoms with Crippen molar-refractivity contribution in [1.82, 2.24) is 10.2 Å². The normalized spacial score (nSPS) is 35.8. The lowest BCUT2D eigenvalue weighted by Gasteiger charge is -2.38. The van der Waals surface area contributed by atoms with Crippen LogP contribution in [0.25, 0.3) is 0 Å². The predicted molar refractivity (Wildman–Crippen MR) is 66.7 cm³/mol. The summed E-state index contributed by atoms with van der Waals surface area (Å²) >= 11 is 0. The van der Waals surface area contributed by atoms with Gasteiger partial charge in [-0.15, -0.1) is 0 Å². The number of ether oxygens (including phenoxy) is 1. The standard InChI is InChI=1S/C13H26N2O/c1-14-12-7-3-4-8-13(12)15(2)10-11-6-5-9-16-11/h11-14H,3-10H2,1-2H3. The van der Waals surface area contributed by atoms with E-state index in [9.17, 15) is 0 Å². The molecule has 1 aliphatic carbocycles. The van der Waals surface area contributed by atoms with E-state index in [1.54, 1.807) is 0 Å². The van der Waals surface area contributed by atoms with Gasteiger partial charge in [0, 0.05) is 25.2 Å². The van der Waals surface area contributed by atoms with E-state index in [1.165, 1.54) is 38.5 Å². The van der Waals surface area contributed by atoms with Crippen molar-refractivity contribution in [3.05, 3.63) is 0 Å². The minimum Gasteiger partial charge on any atom is -0.377 e. The molecule has 0 aromatic carbocycles. The maximum Gasteiger partial charge on any atom is 0.0702 e. The van der Waals surface area contributed by atoms with E-state index in [0.717, 1.165) is 13.2 Å². The van der Waals surface area contributed by atoms with Crippen molar-refractivity contribution in [2.24, 2.45) is 0 Å². The molecule has 0 spiro atoms. The largest absolute Gasteiger partial charge is 0.377 e. The van der Waals surface area contributed by atoms with Crippen LogP contribution in [-0.4, -0.2) is 50.3 Å². The van der Waals surface area contributed by atoms with Gasteiger partial charge in [0.2, 0.25) is 0 Å². The van der Waals surface area contributed by atoms with Crippen LogP contribution in [0.4, 0.5) is 0 Å². The molecule has 1 saturated heterocycles. The summed E-state index contributed by atoms with van der Waals surface area (Å²) < 4.78 is 5.72. The highest BCUT2D eigenvalue weighted by molar-refractivity contribution is 4.87. The highest BCUT2D eigenvalue weighted by Crippen LogP contribution is 2.23. The first kappa shape index (κ1) is 12.3. The summed E-state index contributed by atoms with van der Waals surface area (Å²) in [4.78, 5) is 2.52. The lowest BCUT2D eigenvalue weighted by molar-refractivity contribution is 0.0533. The minimum atomic E-state index is 0.490. The number of hydrogen-bond acceptors (Lipinski definition) is 3. The molecule has 16 heavy (non-hydrogen) atoms. The highest BCUT2D eigenvalue weighted by Gasteiger charge is 2.29. The molecule has 3 nitrogen and oxygen atoms in total. The second-order valence-corrected chi connectivity index (χ2v) is 5.32. The number of nitrogens with zero attached hydrogens (tertiary/aromatic N) is 1. The molecule has 1 N–H and O–H groups in total. The zero-order valence-corrected chi connectivity index (χ0v) is 10.7. The summed E-state index contributed by atoms with van der Waals surface area (Å²) in [6.45, 7) is 2.08. The Balaban J connectivity index is 1.83. The molecule has 1 saturated carbocycles. The third kappa shape index (κ3) is 2.96. The Morgan fingerprint density at radius 1 is 1.19 bits per heavy atom. The average Bonchev–Trinajstić information content (AvgIpc) is 2.81. The number of likely N-dealkylation sites (N-methyl/N-ethyl adjacent to an activating group) is 2. The molecule has 0 radical (unpaired) electrons. The molecule has 0 aromatic heterocycles. The second kappa shape index (κ2) is 5.99. The summed E-state index contributed by atoms with van der Waals surface area (Å²) in [5, 5.41) is 3.48. The topological polar surface area (TPSA) is 24.5 Å². The van der Waals surface area contributed by atoms with Gasteiger partial charge in [0.05, 0.1) is 6.10 Å². The number of hydrogen-bond donors (Lipinski definition) is 1. The molecule has 1 aliphatic heterocycles. The number of nitrogens with one attached hydrogen (secondary N) is 1. The Kier molecular flexibility index (Phi) is 4.62. The van der Waals surface area contributed by atoms with Crippen LogP contribution in [0.15, 0.2) is 0 Å². The Labute approximate surface area is 99.5 Å². The fourth-order valence-electron chi connectivity index (χ4n) is 3.22. The van der Waals surface area contributed by atoms with Crippen molar-refractivity contribution < 1.29 is 4.74 Å². The fourth-order valence-corrected chi connectivity index (χ4v) is 3.22. The molecule has 0 aromatic rings. The minimum absolute atomic E-state index is 0.490. The maximum absolute atomic E-state index is 5.72. The second-order valence-electron chi connectivity index (χ2n) is 5.32. The highest BCUT2D eigenvalue weighted by atomic mass is 16.5. The van der Waals surface area contributed by atoms with Crippen molar-refractivity contribution in [2.75, 3.05) is 27.2 Å². The molecule has 3 atom stereocenters. The molecule has 3 unspecified atom stereocenters. The van der Waals surface area contributed by atoms with E-state index in [4.69, 9.17) is 4.74 Å². The van der Waals surface area contributed by atoms with Crippen LogP contribution in [0.5, 0.6) is 0 Å². The van der Waals surface area contributed by atoms with Gasteiger partial charge >= 0.3 is 0 Å². The quantitative estimate of drug-likeness (QED) is 0.788. The van der Waals surface area contributed by atoms with Crippen LogP contribution >= 0.6 is 0 Å². The van der Waals surface area contributed by atoms with Gasteiger partial charge in [0.1, 0.15) is 0 Å². The van der Waals surface area contributed by atoms with Crippen LogP contribution in [0.3, 0.4) is 0 Å². The van der Waals surface area contributed by atoms with Crippen molar-refractivity contribution in [1.29, 1.82) is 0 Å². The molecule has 2 fully saturated rings. The van der Waals surface area contributed by atoms with Gasteiger partial charge in [0.15, 0.2) is 0 Å². The Bertz CT molecular complexity index is 204. The zero-order valence-electron chi connectivity index (χ0n) is 10.7. The molecule has 0 amide bonds. The summed E-state index contributed by atoms with van der Waals surface area (Å²) in [5.41, 5.74) is 0. The summed E-state index contributed by atoms with van der Waals surface area (Å²) in [5.74, 6) is 0. The van der Waals surface area contributed by atoms with Crippen LogP contribution in [0, 0.1) is 0 Å². The molecule has 2 aliphatic rings. The molecular formula is C13H26N2O.